The summed E-state index contributed by atoms with van der Waals surface area (Å²) < 4.78 is 19.2. The normalized spacial score (nSPS) is 10.7. The summed E-state index contributed by atoms with van der Waals surface area (Å²) in [4.78, 5) is 1.96. The predicted molar refractivity (Wildman–Crippen MR) is 85.7 cm³/mol. The van der Waals surface area contributed by atoms with Gasteiger partial charge in [0.1, 0.15) is 11.6 Å². The van der Waals surface area contributed by atoms with E-state index in [1.54, 1.807) is 6.07 Å². The van der Waals surface area contributed by atoms with Gasteiger partial charge in [-0.3, -0.25) is 0 Å². The van der Waals surface area contributed by atoms with Crippen LogP contribution < -0.4 is 15.4 Å². The second kappa shape index (κ2) is 6.48. The first-order valence-corrected chi connectivity index (χ1v) is 7.11. The summed E-state index contributed by atoms with van der Waals surface area (Å²) in [5.41, 5.74) is 8.38. The molecule has 2 rings (SSSR count). The van der Waals surface area contributed by atoms with Gasteiger partial charge in [0, 0.05) is 12.2 Å². The van der Waals surface area contributed by atoms with E-state index >= 15 is 0 Å². The summed E-state index contributed by atoms with van der Waals surface area (Å²) in [5, 5.41) is 0. The van der Waals surface area contributed by atoms with Crippen LogP contribution in [0.25, 0.3) is 0 Å². The molecule has 0 saturated heterocycles. The van der Waals surface area contributed by atoms with Gasteiger partial charge in [-0.15, -0.1) is 0 Å². The molecule has 0 fully saturated rings. The molecule has 0 spiro atoms. The highest BCUT2D eigenvalue weighted by Crippen LogP contribution is 2.36. The van der Waals surface area contributed by atoms with Crippen molar-refractivity contribution in [1.29, 1.82) is 0 Å². The zero-order valence-corrected chi connectivity index (χ0v) is 12.6. The van der Waals surface area contributed by atoms with Crippen LogP contribution in [0, 0.1) is 5.82 Å². The van der Waals surface area contributed by atoms with Crippen molar-refractivity contribution >= 4 is 17.1 Å². The van der Waals surface area contributed by atoms with E-state index in [0.29, 0.717) is 18.0 Å². The highest BCUT2D eigenvalue weighted by Gasteiger charge is 2.14. The van der Waals surface area contributed by atoms with Crippen LogP contribution in [0.4, 0.5) is 21.5 Å². The van der Waals surface area contributed by atoms with Gasteiger partial charge in [-0.25, -0.2) is 4.39 Å². The molecule has 0 bridgehead atoms. The van der Waals surface area contributed by atoms with E-state index in [2.05, 4.69) is 0 Å². The molecule has 4 heteroatoms. The zero-order valence-electron chi connectivity index (χ0n) is 12.6. The summed E-state index contributed by atoms with van der Waals surface area (Å²) in [5.74, 6) is 0.386. The molecule has 2 aromatic rings. The standard InChI is InChI=1S/C17H21FN2O/c1-4-20(14-8-5-7-13(18)11-14)15-9-6-10-16(17(15)19)21-12(2)3/h5-12H,4,19H2,1-3H3. The molecule has 112 valence electrons. The van der Waals surface area contributed by atoms with Crippen LogP contribution in [0.2, 0.25) is 0 Å². The van der Waals surface area contributed by atoms with Crippen molar-refractivity contribution in [3.63, 3.8) is 0 Å². The lowest BCUT2D eigenvalue weighted by molar-refractivity contribution is 0.244. The molecule has 0 saturated carbocycles. The fourth-order valence-corrected chi connectivity index (χ4v) is 2.26. The number of benzene rings is 2. The maximum atomic E-state index is 13.4. The number of anilines is 3. The Morgan fingerprint density at radius 3 is 2.52 bits per heavy atom. The highest BCUT2D eigenvalue weighted by atomic mass is 19.1. The first kappa shape index (κ1) is 15.2. The molecular weight excluding hydrogens is 267 g/mol. The minimum atomic E-state index is -0.265. The lowest BCUT2D eigenvalue weighted by Crippen LogP contribution is -2.18. The number of para-hydroxylation sites is 1. The van der Waals surface area contributed by atoms with Crippen molar-refractivity contribution in [3.8, 4) is 5.75 Å². The molecule has 0 amide bonds. The topological polar surface area (TPSA) is 38.5 Å². The van der Waals surface area contributed by atoms with E-state index in [4.69, 9.17) is 10.5 Å². The highest BCUT2D eigenvalue weighted by molar-refractivity contribution is 5.79. The van der Waals surface area contributed by atoms with E-state index in [1.807, 2.05) is 49.9 Å². The van der Waals surface area contributed by atoms with Gasteiger partial charge in [0.15, 0.2) is 0 Å². The molecule has 0 unspecified atom stereocenters. The summed E-state index contributed by atoms with van der Waals surface area (Å²) in [6, 6.07) is 12.1. The van der Waals surface area contributed by atoms with Crippen molar-refractivity contribution in [3.05, 3.63) is 48.3 Å². The maximum absolute atomic E-state index is 13.4. The van der Waals surface area contributed by atoms with Crippen LogP contribution >= 0.6 is 0 Å². The fraction of sp³-hybridized carbons (Fsp3) is 0.294. The minimum absolute atomic E-state index is 0.0480. The van der Waals surface area contributed by atoms with Crippen LogP contribution in [0.3, 0.4) is 0 Å². The molecule has 0 aliphatic heterocycles. The molecule has 21 heavy (non-hydrogen) atoms. The zero-order chi connectivity index (χ0) is 15.4. The van der Waals surface area contributed by atoms with Gasteiger partial charge in [-0.05, 0) is 51.1 Å². The Morgan fingerprint density at radius 2 is 1.90 bits per heavy atom. The lowest BCUT2D eigenvalue weighted by Gasteiger charge is -2.26. The van der Waals surface area contributed by atoms with Crippen molar-refractivity contribution in [1.82, 2.24) is 0 Å². The third-order valence-electron chi connectivity index (χ3n) is 3.13. The molecule has 0 aliphatic rings. The summed E-state index contributed by atoms with van der Waals surface area (Å²) in [6.07, 6.45) is 0.0480. The number of ether oxygens (including phenoxy) is 1. The number of nitrogens with two attached hydrogens (primary N) is 1. The number of hydrogen-bond acceptors (Lipinski definition) is 3. The van der Waals surface area contributed by atoms with Crippen LogP contribution in [0.5, 0.6) is 5.75 Å². The molecule has 0 aromatic heterocycles. The van der Waals surface area contributed by atoms with Crippen LogP contribution in [-0.4, -0.2) is 12.6 Å². The Hall–Kier alpha value is -2.23. The molecule has 0 atom stereocenters. The first-order chi connectivity index (χ1) is 10.0. The van der Waals surface area contributed by atoms with Gasteiger partial charge in [-0.2, -0.15) is 0 Å². The number of nitrogen functional groups attached to an aromatic ring is 1. The molecule has 2 aromatic carbocycles. The average Bonchev–Trinajstić information content (AvgIpc) is 2.43. The van der Waals surface area contributed by atoms with Gasteiger partial charge >= 0.3 is 0 Å². The monoisotopic (exact) mass is 288 g/mol. The maximum Gasteiger partial charge on any atom is 0.144 e. The third kappa shape index (κ3) is 3.45. The van der Waals surface area contributed by atoms with E-state index in [-0.39, 0.29) is 11.9 Å². The number of nitrogens with zero attached hydrogens (tertiary/aromatic N) is 1. The molecule has 0 aliphatic carbocycles. The molecule has 0 radical (unpaired) electrons. The third-order valence-corrected chi connectivity index (χ3v) is 3.13. The molecular formula is C17H21FN2O. The second-order valence-corrected chi connectivity index (χ2v) is 5.08. The average molecular weight is 288 g/mol. The Bertz CT molecular complexity index is 613. The van der Waals surface area contributed by atoms with Crippen molar-refractivity contribution in [2.75, 3.05) is 17.2 Å². The number of hydrogen-bond donors (Lipinski definition) is 1. The summed E-state index contributed by atoms with van der Waals surface area (Å²) in [7, 11) is 0. The van der Waals surface area contributed by atoms with E-state index in [1.165, 1.54) is 12.1 Å². The largest absolute Gasteiger partial charge is 0.489 e. The Kier molecular flexibility index (Phi) is 4.68. The Balaban J connectivity index is 2.43. The van der Waals surface area contributed by atoms with Crippen LogP contribution in [0.15, 0.2) is 42.5 Å². The van der Waals surface area contributed by atoms with Gasteiger partial charge in [-0.1, -0.05) is 12.1 Å². The lowest BCUT2D eigenvalue weighted by atomic mass is 10.2. The molecule has 2 N–H and O–H groups in total. The van der Waals surface area contributed by atoms with Crippen molar-refractivity contribution < 1.29 is 9.13 Å². The van der Waals surface area contributed by atoms with E-state index < -0.39 is 0 Å². The van der Waals surface area contributed by atoms with E-state index in [0.717, 1.165) is 11.4 Å². The van der Waals surface area contributed by atoms with Gasteiger partial charge in [0.05, 0.1) is 17.5 Å². The van der Waals surface area contributed by atoms with Gasteiger partial charge < -0.3 is 15.4 Å². The Morgan fingerprint density at radius 1 is 1.19 bits per heavy atom. The minimum Gasteiger partial charge on any atom is -0.489 e. The molecule has 3 nitrogen and oxygen atoms in total. The van der Waals surface area contributed by atoms with Crippen LogP contribution in [-0.2, 0) is 0 Å². The van der Waals surface area contributed by atoms with Crippen molar-refractivity contribution in [2.45, 2.75) is 26.9 Å². The number of rotatable bonds is 5. The quantitative estimate of drug-likeness (QED) is 0.831. The SMILES string of the molecule is CCN(c1cccc(F)c1)c1cccc(OC(C)C)c1N. The summed E-state index contributed by atoms with van der Waals surface area (Å²) >= 11 is 0. The van der Waals surface area contributed by atoms with E-state index in [9.17, 15) is 4.39 Å². The predicted octanol–water partition coefficient (Wildman–Crippen LogP) is 4.35. The smallest absolute Gasteiger partial charge is 0.144 e. The van der Waals surface area contributed by atoms with Crippen LogP contribution in [0.1, 0.15) is 20.8 Å². The van der Waals surface area contributed by atoms with Gasteiger partial charge in [0.2, 0.25) is 0 Å². The first-order valence-electron chi connectivity index (χ1n) is 7.11. The Labute approximate surface area is 125 Å². The van der Waals surface area contributed by atoms with Gasteiger partial charge in [0.25, 0.3) is 0 Å². The van der Waals surface area contributed by atoms with Crippen molar-refractivity contribution in [2.24, 2.45) is 0 Å². The molecule has 0 heterocycles. The summed E-state index contributed by atoms with van der Waals surface area (Å²) in [6.45, 7) is 6.59. The number of halogens is 1. The second-order valence-electron chi connectivity index (χ2n) is 5.08. The fourth-order valence-electron chi connectivity index (χ4n) is 2.26.